The van der Waals surface area contributed by atoms with Crippen LogP contribution in [0, 0.1) is 34.8 Å². The van der Waals surface area contributed by atoms with E-state index in [-0.39, 0.29) is 35.3 Å². The summed E-state index contributed by atoms with van der Waals surface area (Å²) in [6, 6.07) is 7.93. The Morgan fingerprint density at radius 2 is 2.15 bits per heavy atom. The normalized spacial score (nSPS) is 31.5. The first-order valence-corrected chi connectivity index (χ1v) is 11.8. The highest BCUT2D eigenvalue weighted by Gasteiger charge is 2.57. The molecular formula is C26H29F2N3O2. The Labute approximate surface area is 192 Å². The number of aryl methyl sites for hydroxylation is 1. The van der Waals surface area contributed by atoms with Crippen molar-refractivity contribution in [3.63, 3.8) is 0 Å². The number of anilines is 1. The van der Waals surface area contributed by atoms with E-state index in [9.17, 15) is 18.8 Å². The van der Waals surface area contributed by atoms with E-state index in [1.807, 2.05) is 6.07 Å². The number of halogens is 2. The zero-order valence-electron chi connectivity index (χ0n) is 18.7. The second-order valence-corrected chi connectivity index (χ2v) is 10.1. The molecule has 33 heavy (non-hydrogen) atoms. The minimum atomic E-state index is -0.554. The number of hydrogen-bond donors (Lipinski definition) is 2. The summed E-state index contributed by atoms with van der Waals surface area (Å²) in [4.78, 5) is 16.5. The quantitative estimate of drug-likeness (QED) is 0.461. The average Bonchev–Trinajstić information content (AvgIpc) is 3.10. The lowest BCUT2D eigenvalue weighted by atomic mass is 9.54. The van der Waals surface area contributed by atoms with Crippen molar-refractivity contribution < 1.29 is 18.8 Å². The molecule has 1 heterocycles. The van der Waals surface area contributed by atoms with E-state index >= 15 is 0 Å². The van der Waals surface area contributed by atoms with Gasteiger partial charge in [0.05, 0.1) is 5.71 Å². The fourth-order valence-corrected chi connectivity index (χ4v) is 7.04. The van der Waals surface area contributed by atoms with Gasteiger partial charge in [-0.05, 0) is 97.6 Å². The molecular weight excluding hydrogens is 424 g/mol. The van der Waals surface area contributed by atoms with E-state index in [2.05, 4.69) is 22.4 Å². The minimum Gasteiger partial charge on any atom is -0.411 e. The Bertz CT molecular complexity index is 1100. The van der Waals surface area contributed by atoms with Gasteiger partial charge < -0.3 is 10.5 Å². The van der Waals surface area contributed by atoms with Crippen molar-refractivity contribution in [2.45, 2.75) is 57.8 Å². The van der Waals surface area contributed by atoms with E-state index in [4.69, 9.17) is 0 Å². The summed E-state index contributed by atoms with van der Waals surface area (Å²) in [6.07, 6.45) is 6.73. The molecule has 0 spiro atoms. The highest BCUT2D eigenvalue weighted by molar-refractivity contribution is 5.93. The predicted molar refractivity (Wildman–Crippen MR) is 121 cm³/mol. The van der Waals surface area contributed by atoms with Crippen LogP contribution in [-0.2, 0) is 11.2 Å². The molecule has 1 aromatic heterocycles. The standard InChI is InChI=1S/C26H29F2N3O2/c1-26-11-10-19-18-8-6-17(27)13-15(18)4-7-20(19)24(26)16(14-22(26)31-33)5-9-23(32)30-25-21(28)3-2-12-29-25/h2-3,6,8,12-13,16,19-20,24,33H,4-5,7,9-11,14H2,1H3,(H,29,30,32)/b31-22-/t16-,19?,20?,24?,26-/m1/s1. The molecule has 174 valence electrons. The molecule has 0 aliphatic heterocycles. The summed E-state index contributed by atoms with van der Waals surface area (Å²) in [5, 5.41) is 16.1. The summed E-state index contributed by atoms with van der Waals surface area (Å²) < 4.78 is 27.6. The maximum absolute atomic E-state index is 13.8. The smallest absolute Gasteiger partial charge is 0.225 e. The molecule has 0 radical (unpaired) electrons. The number of pyridine rings is 1. The molecule has 3 aliphatic carbocycles. The first kappa shape index (κ1) is 22.0. The van der Waals surface area contributed by atoms with Gasteiger partial charge in [-0.2, -0.15) is 0 Å². The topological polar surface area (TPSA) is 74.6 Å². The average molecular weight is 454 g/mol. The van der Waals surface area contributed by atoms with Gasteiger partial charge in [-0.3, -0.25) is 4.79 Å². The molecule has 0 saturated heterocycles. The van der Waals surface area contributed by atoms with Crippen molar-refractivity contribution >= 4 is 17.4 Å². The SMILES string of the molecule is C[C@]12CCC3c4ccc(F)cc4CCC3C1[C@H](CCC(=O)Nc1ncccc1F)C/C2=N/O. The number of hydrogen-bond acceptors (Lipinski definition) is 4. The van der Waals surface area contributed by atoms with Crippen LogP contribution in [0.4, 0.5) is 14.6 Å². The number of nitrogens with one attached hydrogen (secondary N) is 1. The monoisotopic (exact) mass is 453 g/mol. The summed E-state index contributed by atoms with van der Waals surface area (Å²) >= 11 is 0. The molecule has 2 aromatic rings. The molecule has 5 atom stereocenters. The van der Waals surface area contributed by atoms with Gasteiger partial charge in [0, 0.05) is 18.0 Å². The highest BCUT2D eigenvalue weighted by atomic mass is 19.1. The molecule has 3 aliphatic rings. The fraction of sp³-hybridized carbons (Fsp3) is 0.500. The van der Waals surface area contributed by atoms with Crippen LogP contribution in [0.15, 0.2) is 41.7 Å². The van der Waals surface area contributed by atoms with Crippen LogP contribution in [0.3, 0.4) is 0 Å². The lowest BCUT2D eigenvalue weighted by Crippen LogP contribution is -2.44. The van der Waals surface area contributed by atoms with Gasteiger partial charge in [-0.1, -0.05) is 18.1 Å². The van der Waals surface area contributed by atoms with Crippen molar-refractivity contribution in [1.29, 1.82) is 0 Å². The summed E-state index contributed by atoms with van der Waals surface area (Å²) in [5.74, 6) is 0.213. The maximum Gasteiger partial charge on any atom is 0.225 e. The Morgan fingerprint density at radius 3 is 2.94 bits per heavy atom. The van der Waals surface area contributed by atoms with E-state index in [0.717, 1.165) is 37.0 Å². The zero-order valence-corrected chi connectivity index (χ0v) is 18.7. The third kappa shape index (κ3) is 3.81. The molecule has 1 amide bonds. The third-order valence-electron chi connectivity index (χ3n) is 8.44. The fourth-order valence-electron chi connectivity index (χ4n) is 7.04. The highest BCUT2D eigenvalue weighted by Crippen LogP contribution is 2.62. The maximum atomic E-state index is 13.8. The van der Waals surface area contributed by atoms with Crippen molar-refractivity contribution in [3.8, 4) is 0 Å². The number of oxime groups is 1. The van der Waals surface area contributed by atoms with Crippen LogP contribution < -0.4 is 5.32 Å². The Balaban J connectivity index is 1.36. The molecule has 7 heteroatoms. The van der Waals surface area contributed by atoms with Gasteiger partial charge in [0.25, 0.3) is 0 Å². The predicted octanol–water partition coefficient (Wildman–Crippen LogP) is 5.69. The number of nitrogens with zero attached hydrogens (tertiary/aromatic N) is 2. The van der Waals surface area contributed by atoms with Crippen molar-refractivity contribution in [3.05, 3.63) is 59.3 Å². The molecule has 2 fully saturated rings. The van der Waals surface area contributed by atoms with Gasteiger partial charge in [0.2, 0.25) is 5.91 Å². The van der Waals surface area contributed by atoms with Gasteiger partial charge >= 0.3 is 0 Å². The molecule has 3 unspecified atom stereocenters. The van der Waals surface area contributed by atoms with E-state index in [1.165, 1.54) is 23.9 Å². The molecule has 2 saturated carbocycles. The number of carbonyl (C=O) groups is 1. The first-order valence-electron chi connectivity index (χ1n) is 11.8. The van der Waals surface area contributed by atoms with Crippen molar-refractivity contribution in [1.82, 2.24) is 4.98 Å². The lowest BCUT2D eigenvalue weighted by molar-refractivity contribution is -0.116. The summed E-state index contributed by atoms with van der Waals surface area (Å²) in [5.41, 5.74) is 3.01. The third-order valence-corrected chi connectivity index (χ3v) is 8.44. The largest absolute Gasteiger partial charge is 0.411 e. The first-order chi connectivity index (χ1) is 15.9. The summed E-state index contributed by atoms with van der Waals surface area (Å²) in [6.45, 7) is 2.20. The van der Waals surface area contributed by atoms with Crippen molar-refractivity contribution in [2.75, 3.05) is 5.32 Å². The number of rotatable bonds is 4. The molecule has 5 rings (SSSR count). The lowest BCUT2D eigenvalue weighted by Gasteiger charge is -2.50. The second kappa shape index (κ2) is 8.50. The minimum absolute atomic E-state index is 0.0507. The van der Waals surface area contributed by atoms with E-state index in [1.54, 1.807) is 12.1 Å². The van der Waals surface area contributed by atoms with Gasteiger partial charge in [0.15, 0.2) is 11.6 Å². The molecule has 1 aromatic carbocycles. The number of carbonyl (C=O) groups excluding carboxylic acids is 1. The second-order valence-electron chi connectivity index (χ2n) is 10.1. The van der Waals surface area contributed by atoms with Crippen molar-refractivity contribution in [2.24, 2.45) is 28.3 Å². The van der Waals surface area contributed by atoms with Gasteiger partial charge in [-0.15, -0.1) is 0 Å². The molecule has 2 N–H and O–H groups in total. The molecule has 0 bridgehead atoms. The Morgan fingerprint density at radius 1 is 1.30 bits per heavy atom. The van der Waals surface area contributed by atoms with Crippen LogP contribution in [0.5, 0.6) is 0 Å². The Kier molecular flexibility index (Phi) is 5.67. The zero-order chi connectivity index (χ0) is 23.2. The molecule has 5 nitrogen and oxygen atoms in total. The van der Waals surface area contributed by atoms with Crippen LogP contribution >= 0.6 is 0 Å². The number of benzene rings is 1. The van der Waals surface area contributed by atoms with Gasteiger partial charge in [-0.25, -0.2) is 13.8 Å². The van der Waals surface area contributed by atoms with E-state index in [0.29, 0.717) is 30.6 Å². The number of fused-ring (bicyclic) bond motifs is 5. The number of aromatic nitrogens is 1. The van der Waals surface area contributed by atoms with Crippen LogP contribution in [0.25, 0.3) is 0 Å². The van der Waals surface area contributed by atoms with Gasteiger partial charge in [0.1, 0.15) is 5.82 Å². The van der Waals surface area contributed by atoms with Crippen LogP contribution in [-0.4, -0.2) is 21.8 Å². The van der Waals surface area contributed by atoms with Crippen LogP contribution in [0.2, 0.25) is 0 Å². The summed E-state index contributed by atoms with van der Waals surface area (Å²) in [7, 11) is 0. The number of amides is 1. The van der Waals surface area contributed by atoms with Crippen LogP contribution in [0.1, 0.15) is 62.5 Å². The van der Waals surface area contributed by atoms with E-state index < -0.39 is 5.82 Å². The Hall–Kier alpha value is -2.83.